The van der Waals surface area contributed by atoms with Crippen molar-refractivity contribution < 1.29 is 27.8 Å². The number of ether oxygens (including phenoxy) is 2. The third kappa shape index (κ3) is 6.16. The SMILES string of the molecule is CC(C)(C)OC(=O)Nc1ccc(-c2cccnc2/C=C/C(N)=O)c(Oc2ccccc2F)c1F. The number of carbonyl (C=O) groups excluding carboxylic acids is 2. The van der Waals surface area contributed by atoms with E-state index in [4.69, 9.17) is 15.2 Å². The molecule has 2 aromatic carbocycles. The summed E-state index contributed by atoms with van der Waals surface area (Å²) >= 11 is 0. The molecule has 0 radical (unpaired) electrons. The maximum absolute atomic E-state index is 15.6. The lowest BCUT2D eigenvalue weighted by atomic mass is 10.0. The van der Waals surface area contributed by atoms with E-state index in [2.05, 4.69) is 10.3 Å². The van der Waals surface area contributed by atoms with E-state index in [1.54, 1.807) is 32.9 Å². The number of primary amides is 1. The van der Waals surface area contributed by atoms with Gasteiger partial charge >= 0.3 is 6.09 Å². The molecule has 176 valence electrons. The van der Waals surface area contributed by atoms with Gasteiger partial charge in [-0.05, 0) is 57.2 Å². The Morgan fingerprint density at radius 3 is 2.44 bits per heavy atom. The zero-order chi connectivity index (χ0) is 24.9. The summed E-state index contributed by atoms with van der Waals surface area (Å²) in [4.78, 5) is 27.6. The number of nitrogens with zero attached hydrogens (tertiary/aromatic N) is 1. The minimum absolute atomic E-state index is 0.202. The number of para-hydroxylation sites is 1. The molecule has 1 heterocycles. The summed E-state index contributed by atoms with van der Waals surface area (Å²) < 4.78 is 40.8. The summed E-state index contributed by atoms with van der Waals surface area (Å²) in [5.74, 6) is -2.95. The predicted molar refractivity (Wildman–Crippen MR) is 124 cm³/mol. The predicted octanol–water partition coefficient (Wildman–Crippen LogP) is 5.66. The Morgan fingerprint density at radius 2 is 1.76 bits per heavy atom. The number of nitrogens with one attached hydrogen (secondary N) is 1. The Morgan fingerprint density at radius 1 is 1.03 bits per heavy atom. The van der Waals surface area contributed by atoms with Crippen LogP contribution in [0.25, 0.3) is 17.2 Å². The van der Waals surface area contributed by atoms with Crippen molar-refractivity contribution in [2.45, 2.75) is 26.4 Å². The van der Waals surface area contributed by atoms with Gasteiger partial charge in [-0.25, -0.2) is 13.6 Å². The van der Waals surface area contributed by atoms with Gasteiger partial charge in [-0.3, -0.25) is 15.1 Å². The van der Waals surface area contributed by atoms with Gasteiger partial charge in [0.05, 0.1) is 11.4 Å². The van der Waals surface area contributed by atoms with Crippen LogP contribution in [0.15, 0.2) is 60.8 Å². The van der Waals surface area contributed by atoms with Gasteiger partial charge in [0, 0.05) is 23.4 Å². The summed E-state index contributed by atoms with van der Waals surface area (Å²) in [6.45, 7) is 5.01. The molecule has 9 heteroatoms. The van der Waals surface area contributed by atoms with Crippen LogP contribution in [0.5, 0.6) is 11.5 Å². The van der Waals surface area contributed by atoms with E-state index in [1.165, 1.54) is 48.7 Å². The van der Waals surface area contributed by atoms with E-state index < -0.39 is 29.2 Å². The monoisotopic (exact) mass is 467 g/mol. The van der Waals surface area contributed by atoms with E-state index in [0.29, 0.717) is 11.3 Å². The fourth-order valence-corrected chi connectivity index (χ4v) is 2.95. The first-order chi connectivity index (χ1) is 16.0. The number of rotatable bonds is 6. The van der Waals surface area contributed by atoms with Gasteiger partial charge in [0.1, 0.15) is 5.60 Å². The molecule has 0 atom stereocenters. The van der Waals surface area contributed by atoms with Gasteiger partial charge in [-0.1, -0.05) is 18.2 Å². The molecule has 2 amide bonds. The Labute approximate surface area is 195 Å². The first kappa shape index (κ1) is 24.4. The molecule has 0 saturated heterocycles. The number of hydrogen-bond acceptors (Lipinski definition) is 5. The van der Waals surface area contributed by atoms with Crippen molar-refractivity contribution in [3.63, 3.8) is 0 Å². The molecular formula is C25H23F2N3O4. The summed E-state index contributed by atoms with van der Waals surface area (Å²) in [5.41, 5.74) is 5.03. The van der Waals surface area contributed by atoms with Crippen molar-refractivity contribution in [1.29, 1.82) is 0 Å². The van der Waals surface area contributed by atoms with E-state index in [1.807, 2.05) is 0 Å². The second-order valence-electron chi connectivity index (χ2n) is 8.14. The van der Waals surface area contributed by atoms with Crippen LogP contribution in [0.3, 0.4) is 0 Å². The van der Waals surface area contributed by atoms with Crippen LogP contribution in [-0.4, -0.2) is 22.6 Å². The quantitative estimate of drug-likeness (QED) is 0.455. The van der Waals surface area contributed by atoms with Gasteiger partial charge < -0.3 is 15.2 Å². The fourth-order valence-electron chi connectivity index (χ4n) is 2.95. The maximum atomic E-state index is 15.6. The number of halogens is 2. The highest BCUT2D eigenvalue weighted by atomic mass is 19.1. The molecule has 1 aromatic heterocycles. The van der Waals surface area contributed by atoms with Gasteiger partial charge in [0.2, 0.25) is 5.91 Å². The number of anilines is 1. The van der Waals surface area contributed by atoms with Crippen molar-refractivity contribution in [2.75, 3.05) is 5.32 Å². The van der Waals surface area contributed by atoms with Crippen LogP contribution in [-0.2, 0) is 9.53 Å². The minimum Gasteiger partial charge on any atom is -0.450 e. The Bertz CT molecular complexity index is 1250. The topological polar surface area (TPSA) is 104 Å². The molecular weight excluding hydrogens is 444 g/mol. The van der Waals surface area contributed by atoms with Gasteiger partial charge in [-0.15, -0.1) is 0 Å². The number of carbonyl (C=O) groups is 2. The number of nitrogens with two attached hydrogens (primary N) is 1. The Balaban J connectivity index is 2.13. The average molecular weight is 467 g/mol. The number of benzene rings is 2. The van der Waals surface area contributed by atoms with Crippen LogP contribution < -0.4 is 15.8 Å². The molecule has 0 fully saturated rings. The maximum Gasteiger partial charge on any atom is 0.412 e. The second-order valence-corrected chi connectivity index (χ2v) is 8.14. The van der Waals surface area contributed by atoms with Crippen molar-refractivity contribution in [1.82, 2.24) is 4.98 Å². The van der Waals surface area contributed by atoms with E-state index in [-0.39, 0.29) is 22.7 Å². The van der Waals surface area contributed by atoms with E-state index in [9.17, 15) is 14.0 Å². The molecule has 0 aliphatic carbocycles. The lowest BCUT2D eigenvalue weighted by Crippen LogP contribution is -2.27. The summed E-state index contributed by atoms with van der Waals surface area (Å²) in [5, 5.41) is 2.34. The van der Waals surface area contributed by atoms with E-state index >= 15 is 4.39 Å². The van der Waals surface area contributed by atoms with Crippen LogP contribution in [0, 0.1) is 11.6 Å². The first-order valence-electron chi connectivity index (χ1n) is 10.2. The lowest BCUT2D eigenvalue weighted by molar-refractivity contribution is -0.113. The molecule has 0 aliphatic heterocycles. The first-order valence-corrected chi connectivity index (χ1v) is 10.2. The molecule has 0 unspecified atom stereocenters. The smallest absolute Gasteiger partial charge is 0.412 e. The highest BCUT2D eigenvalue weighted by Gasteiger charge is 2.23. The molecule has 7 nitrogen and oxygen atoms in total. The minimum atomic E-state index is -0.958. The number of aromatic nitrogens is 1. The van der Waals surface area contributed by atoms with Gasteiger partial charge in [0.25, 0.3) is 0 Å². The molecule has 3 rings (SSSR count). The van der Waals surface area contributed by atoms with Gasteiger partial charge in [0.15, 0.2) is 23.1 Å². The standard InChI is InChI=1S/C25H23F2N3O4/c1-25(2,3)34-24(32)30-19-11-10-16(15-7-6-14-29-18(15)12-13-21(28)31)23(22(19)27)33-20-9-5-4-8-17(20)26/h4-14H,1-3H3,(H2,28,31)(H,30,32)/b13-12+. The van der Waals surface area contributed by atoms with Crippen molar-refractivity contribution in [3.8, 4) is 22.6 Å². The Hall–Kier alpha value is -4.27. The second kappa shape index (κ2) is 10.1. The molecule has 0 saturated carbocycles. The van der Waals surface area contributed by atoms with Crippen molar-refractivity contribution in [2.24, 2.45) is 5.73 Å². The molecule has 0 spiro atoms. The number of pyridine rings is 1. The Kier molecular flexibility index (Phi) is 7.25. The third-order valence-electron chi connectivity index (χ3n) is 4.32. The summed E-state index contributed by atoms with van der Waals surface area (Å²) in [6, 6.07) is 11.5. The summed E-state index contributed by atoms with van der Waals surface area (Å²) in [7, 11) is 0. The van der Waals surface area contributed by atoms with Gasteiger partial charge in [-0.2, -0.15) is 0 Å². The summed E-state index contributed by atoms with van der Waals surface area (Å²) in [6.07, 6.45) is 3.09. The van der Waals surface area contributed by atoms with E-state index in [0.717, 1.165) is 6.08 Å². The highest BCUT2D eigenvalue weighted by Crippen LogP contribution is 2.40. The average Bonchev–Trinajstić information content (AvgIpc) is 2.75. The molecule has 3 aromatic rings. The fraction of sp³-hybridized carbons (Fsp3) is 0.160. The van der Waals surface area contributed by atoms with Crippen LogP contribution in [0.2, 0.25) is 0 Å². The lowest BCUT2D eigenvalue weighted by Gasteiger charge is -2.21. The number of hydrogen-bond donors (Lipinski definition) is 2. The van der Waals surface area contributed by atoms with Crippen molar-refractivity contribution in [3.05, 3.63) is 78.1 Å². The van der Waals surface area contributed by atoms with Crippen LogP contribution in [0.4, 0.5) is 19.3 Å². The zero-order valence-electron chi connectivity index (χ0n) is 18.8. The van der Waals surface area contributed by atoms with Crippen molar-refractivity contribution >= 4 is 23.8 Å². The molecule has 34 heavy (non-hydrogen) atoms. The molecule has 0 bridgehead atoms. The van der Waals surface area contributed by atoms with Crippen LogP contribution >= 0.6 is 0 Å². The van der Waals surface area contributed by atoms with Crippen LogP contribution in [0.1, 0.15) is 26.5 Å². The molecule has 3 N–H and O–H groups in total. The number of amides is 2. The normalized spacial score (nSPS) is 11.3. The highest BCUT2D eigenvalue weighted by molar-refractivity contribution is 5.92. The largest absolute Gasteiger partial charge is 0.450 e. The zero-order valence-corrected chi connectivity index (χ0v) is 18.8. The third-order valence-corrected chi connectivity index (χ3v) is 4.32. The molecule has 0 aliphatic rings.